The van der Waals surface area contributed by atoms with Gasteiger partial charge in [-0.3, -0.25) is 9.78 Å². The molecule has 1 unspecified atom stereocenters. The van der Waals surface area contributed by atoms with Crippen LogP contribution in [0.25, 0.3) is 0 Å². The first-order valence-corrected chi connectivity index (χ1v) is 5.31. The molecular formula is C10H13BrN2O. The first-order valence-electron chi connectivity index (χ1n) is 4.39. The molecule has 76 valence electrons. The van der Waals surface area contributed by atoms with Crippen LogP contribution in [0.5, 0.6) is 0 Å². The lowest BCUT2D eigenvalue weighted by atomic mass is 10.2. The fourth-order valence-electron chi connectivity index (χ4n) is 1.15. The summed E-state index contributed by atoms with van der Waals surface area (Å²) in [6.45, 7) is 2.42. The monoisotopic (exact) mass is 256 g/mol. The Hall–Kier alpha value is -0.900. The lowest BCUT2D eigenvalue weighted by Gasteiger charge is -2.18. The van der Waals surface area contributed by atoms with Crippen molar-refractivity contribution >= 4 is 21.8 Å². The van der Waals surface area contributed by atoms with Crippen LogP contribution < -0.4 is 0 Å². The van der Waals surface area contributed by atoms with Gasteiger partial charge in [0.1, 0.15) is 0 Å². The number of pyridine rings is 1. The van der Waals surface area contributed by atoms with E-state index in [-0.39, 0.29) is 10.7 Å². The zero-order valence-electron chi connectivity index (χ0n) is 8.27. The van der Waals surface area contributed by atoms with Crippen molar-refractivity contribution in [2.75, 3.05) is 7.05 Å². The molecule has 1 atom stereocenters. The molecule has 3 nitrogen and oxygen atoms in total. The number of carbonyl (C=O) groups is 1. The van der Waals surface area contributed by atoms with Gasteiger partial charge in [-0.05, 0) is 18.6 Å². The number of rotatable bonds is 3. The fourth-order valence-corrected chi connectivity index (χ4v) is 1.50. The van der Waals surface area contributed by atoms with Crippen LogP contribution in [-0.2, 0) is 11.3 Å². The van der Waals surface area contributed by atoms with Crippen molar-refractivity contribution in [2.45, 2.75) is 18.3 Å². The summed E-state index contributed by atoms with van der Waals surface area (Å²) in [6.07, 6.45) is 3.49. The van der Waals surface area contributed by atoms with Gasteiger partial charge < -0.3 is 4.90 Å². The van der Waals surface area contributed by atoms with E-state index in [1.165, 1.54) is 0 Å². The molecule has 1 heterocycles. The Morgan fingerprint density at radius 1 is 1.71 bits per heavy atom. The summed E-state index contributed by atoms with van der Waals surface area (Å²) in [4.78, 5) is 17.0. The molecule has 0 spiro atoms. The van der Waals surface area contributed by atoms with Crippen molar-refractivity contribution in [1.82, 2.24) is 9.88 Å². The summed E-state index contributed by atoms with van der Waals surface area (Å²) in [5.74, 6) is 0.0776. The minimum absolute atomic E-state index is 0.0776. The molecule has 1 amide bonds. The van der Waals surface area contributed by atoms with Gasteiger partial charge in [-0.2, -0.15) is 0 Å². The van der Waals surface area contributed by atoms with Crippen molar-refractivity contribution in [3.05, 3.63) is 30.1 Å². The predicted molar refractivity (Wildman–Crippen MR) is 59.1 cm³/mol. The first kappa shape index (κ1) is 11.2. The summed E-state index contributed by atoms with van der Waals surface area (Å²) in [5.41, 5.74) is 1.04. The largest absolute Gasteiger partial charge is 0.340 e. The Morgan fingerprint density at radius 2 is 2.43 bits per heavy atom. The number of carbonyl (C=O) groups excluding carboxylic acids is 1. The van der Waals surface area contributed by atoms with Crippen LogP contribution in [0, 0.1) is 0 Å². The van der Waals surface area contributed by atoms with Crippen LogP contribution >= 0.6 is 15.9 Å². The number of amides is 1. The molecular weight excluding hydrogens is 244 g/mol. The molecule has 0 saturated heterocycles. The lowest BCUT2D eigenvalue weighted by Crippen LogP contribution is -2.31. The third kappa shape index (κ3) is 3.10. The van der Waals surface area contributed by atoms with E-state index in [2.05, 4.69) is 20.9 Å². The zero-order valence-corrected chi connectivity index (χ0v) is 9.86. The number of nitrogens with zero attached hydrogens (tertiary/aromatic N) is 2. The van der Waals surface area contributed by atoms with E-state index in [9.17, 15) is 4.79 Å². The summed E-state index contributed by atoms with van der Waals surface area (Å²) in [7, 11) is 1.78. The van der Waals surface area contributed by atoms with Crippen molar-refractivity contribution in [1.29, 1.82) is 0 Å². The van der Waals surface area contributed by atoms with Gasteiger partial charge in [0, 0.05) is 26.0 Å². The Morgan fingerprint density at radius 3 is 2.93 bits per heavy atom. The van der Waals surface area contributed by atoms with Crippen LogP contribution in [0.2, 0.25) is 0 Å². The molecule has 1 rings (SSSR count). The molecule has 4 heteroatoms. The van der Waals surface area contributed by atoms with Gasteiger partial charge in [-0.15, -0.1) is 0 Å². The van der Waals surface area contributed by atoms with E-state index in [0.29, 0.717) is 6.54 Å². The zero-order chi connectivity index (χ0) is 10.6. The normalized spacial score (nSPS) is 12.2. The fraction of sp³-hybridized carbons (Fsp3) is 0.400. The van der Waals surface area contributed by atoms with E-state index in [4.69, 9.17) is 0 Å². The van der Waals surface area contributed by atoms with Gasteiger partial charge in [0.05, 0.1) is 4.83 Å². The quantitative estimate of drug-likeness (QED) is 0.774. The van der Waals surface area contributed by atoms with Crippen LogP contribution in [0.4, 0.5) is 0 Å². The van der Waals surface area contributed by atoms with Crippen molar-refractivity contribution in [3.8, 4) is 0 Å². The van der Waals surface area contributed by atoms with E-state index in [1.54, 1.807) is 24.3 Å². The van der Waals surface area contributed by atoms with Gasteiger partial charge in [0.15, 0.2) is 0 Å². The Bertz CT molecular complexity index is 300. The number of hydrogen-bond acceptors (Lipinski definition) is 2. The third-order valence-electron chi connectivity index (χ3n) is 1.86. The molecule has 1 aromatic rings. The van der Waals surface area contributed by atoms with Gasteiger partial charge >= 0.3 is 0 Å². The third-order valence-corrected chi connectivity index (χ3v) is 2.25. The van der Waals surface area contributed by atoms with Crippen molar-refractivity contribution in [2.24, 2.45) is 0 Å². The smallest absolute Gasteiger partial charge is 0.236 e. The molecule has 0 radical (unpaired) electrons. The SMILES string of the molecule is CC(Br)C(=O)N(C)Cc1cccnc1. The maximum atomic E-state index is 11.5. The molecule has 14 heavy (non-hydrogen) atoms. The van der Waals surface area contributed by atoms with E-state index < -0.39 is 0 Å². The number of alkyl halides is 1. The van der Waals surface area contributed by atoms with Gasteiger partial charge in [-0.25, -0.2) is 0 Å². The lowest BCUT2D eigenvalue weighted by molar-refractivity contribution is -0.129. The standard InChI is InChI=1S/C10H13BrN2O/c1-8(11)10(14)13(2)7-9-4-3-5-12-6-9/h3-6,8H,7H2,1-2H3. The second-order valence-corrected chi connectivity index (χ2v) is 4.55. The highest BCUT2D eigenvalue weighted by Gasteiger charge is 2.13. The van der Waals surface area contributed by atoms with Gasteiger partial charge in [-0.1, -0.05) is 22.0 Å². The van der Waals surface area contributed by atoms with E-state index in [0.717, 1.165) is 5.56 Å². The van der Waals surface area contributed by atoms with Crippen LogP contribution in [0.1, 0.15) is 12.5 Å². The summed E-state index contributed by atoms with van der Waals surface area (Å²) < 4.78 is 0. The second-order valence-electron chi connectivity index (χ2n) is 3.17. The maximum absolute atomic E-state index is 11.5. The topological polar surface area (TPSA) is 33.2 Å². The van der Waals surface area contributed by atoms with Crippen molar-refractivity contribution < 1.29 is 4.79 Å². The molecule has 1 aromatic heterocycles. The maximum Gasteiger partial charge on any atom is 0.236 e. The van der Waals surface area contributed by atoms with Crippen LogP contribution in [-0.4, -0.2) is 27.7 Å². The van der Waals surface area contributed by atoms with Gasteiger partial charge in [0.25, 0.3) is 0 Å². The average Bonchev–Trinajstić information content (AvgIpc) is 2.18. The molecule has 0 bridgehead atoms. The molecule has 0 saturated carbocycles. The molecule has 0 N–H and O–H groups in total. The van der Waals surface area contributed by atoms with E-state index >= 15 is 0 Å². The summed E-state index contributed by atoms with van der Waals surface area (Å²) >= 11 is 3.25. The molecule has 0 aliphatic rings. The van der Waals surface area contributed by atoms with Gasteiger partial charge in [0.2, 0.25) is 5.91 Å². The first-order chi connectivity index (χ1) is 6.61. The molecule has 0 aliphatic carbocycles. The highest BCUT2D eigenvalue weighted by molar-refractivity contribution is 9.10. The number of aromatic nitrogens is 1. The Kier molecular flexibility index (Phi) is 4.07. The summed E-state index contributed by atoms with van der Waals surface area (Å²) in [5, 5.41) is 0. The number of hydrogen-bond donors (Lipinski definition) is 0. The van der Waals surface area contributed by atoms with Crippen LogP contribution in [0.15, 0.2) is 24.5 Å². The van der Waals surface area contributed by atoms with Crippen LogP contribution in [0.3, 0.4) is 0 Å². The van der Waals surface area contributed by atoms with Crippen molar-refractivity contribution in [3.63, 3.8) is 0 Å². The molecule has 0 aromatic carbocycles. The van der Waals surface area contributed by atoms with E-state index in [1.807, 2.05) is 19.1 Å². The highest BCUT2D eigenvalue weighted by Crippen LogP contribution is 2.06. The minimum Gasteiger partial charge on any atom is -0.340 e. The molecule has 0 aliphatic heterocycles. The second kappa shape index (κ2) is 5.10. The summed E-state index contributed by atoms with van der Waals surface area (Å²) in [6, 6.07) is 3.82. The highest BCUT2D eigenvalue weighted by atomic mass is 79.9. The average molecular weight is 257 g/mol. The predicted octanol–water partition coefficient (Wildman–Crippen LogP) is 1.82. The Balaban J connectivity index is 2.57. The number of halogens is 1. The minimum atomic E-state index is -0.135. The molecule has 0 fully saturated rings. The Labute approximate surface area is 92.3 Å².